The van der Waals surface area contributed by atoms with Gasteiger partial charge in [0.25, 0.3) is 5.91 Å². The first-order valence-electron chi connectivity index (χ1n) is 27.0. The molecule has 78 heavy (non-hydrogen) atoms. The van der Waals surface area contributed by atoms with Crippen molar-refractivity contribution < 1.29 is 66.8 Å². The molecular formula is C56H90ClN7O14. The molecule has 6 amide bonds. The van der Waals surface area contributed by atoms with Gasteiger partial charge in [0.15, 0.2) is 6.10 Å². The first-order valence-corrected chi connectivity index (χ1v) is 27.4. The van der Waals surface area contributed by atoms with Crippen molar-refractivity contribution in [2.24, 2.45) is 23.5 Å². The highest BCUT2D eigenvalue weighted by atomic mass is 35.5. The first-order chi connectivity index (χ1) is 36.8. The Bertz CT molecular complexity index is 2170. The molecule has 0 radical (unpaired) electrons. The lowest BCUT2D eigenvalue weighted by Gasteiger charge is -2.35. The highest BCUT2D eigenvalue weighted by molar-refractivity contribution is 6.30. The molecular weight excluding hydrogens is 1030 g/mol. The third-order valence-corrected chi connectivity index (χ3v) is 13.6. The Morgan fingerprint density at radius 2 is 1.50 bits per heavy atom. The van der Waals surface area contributed by atoms with Crippen molar-refractivity contribution in [1.82, 2.24) is 31.1 Å². The van der Waals surface area contributed by atoms with E-state index in [4.69, 9.17) is 45.8 Å². The average molecular weight is 1120 g/mol. The Balaban J connectivity index is 2.59. The molecule has 0 fully saturated rings. The van der Waals surface area contributed by atoms with E-state index >= 15 is 0 Å². The van der Waals surface area contributed by atoms with Crippen LogP contribution in [0.25, 0.3) is 0 Å². The summed E-state index contributed by atoms with van der Waals surface area (Å²) < 4.78 is 34.6. The maximum absolute atomic E-state index is 14.4. The van der Waals surface area contributed by atoms with Crippen molar-refractivity contribution in [2.75, 3.05) is 73.4 Å². The first kappa shape index (κ1) is 68.5. The second-order valence-electron chi connectivity index (χ2n) is 20.8. The fourth-order valence-electron chi connectivity index (χ4n) is 8.08. The smallest absolute Gasteiger partial charge is 0.407 e. The van der Waals surface area contributed by atoms with Gasteiger partial charge in [-0.15, -0.1) is 0 Å². The number of benzene rings is 1. The van der Waals surface area contributed by atoms with Crippen LogP contribution in [-0.2, 0) is 68.4 Å². The summed E-state index contributed by atoms with van der Waals surface area (Å²) in [6.45, 7) is 21.0. The second-order valence-corrected chi connectivity index (χ2v) is 21.3. The number of hydrogen-bond acceptors (Lipinski definition) is 15. The molecule has 1 heterocycles. The molecule has 1 unspecified atom stereocenters. The zero-order chi connectivity index (χ0) is 58.7. The van der Waals surface area contributed by atoms with Gasteiger partial charge >= 0.3 is 18.0 Å². The Labute approximate surface area is 467 Å². The summed E-state index contributed by atoms with van der Waals surface area (Å²) in [5.74, 6) is -6.48. The number of allylic oxidation sites excluding steroid dienone is 1. The normalized spacial score (nSPS) is 24.3. The lowest BCUT2D eigenvalue weighted by molar-refractivity contribution is -0.160. The quantitative estimate of drug-likeness (QED) is 0.0479. The van der Waals surface area contributed by atoms with Gasteiger partial charge in [0, 0.05) is 63.2 Å². The molecule has 6 N–H and O–H groups in total. The lowest BCUT2D eigenvalue weighted by Crippen LogP contribution is -2.60. The van der Waals surface area contributed by atoms with Crippen LogP contribution in [0.3, 0.4) is 0 Å². The summed E-state index contributed by atoms with van der Waals surface area (Å²) in [5.41, 5.74) is 5.08. The van der Waals surface area contributed by atoms with Crippen LogP contribution in [0, 0.1) is 17.8 Å². The molecule has 21 nitrogen and oxygen atoms in total. The Hall–Kier alpha value is -5.61. The average Bonchev–Trinajstić information content (AvgIpc) is 3.39. The van der Waals surface area contributed by atoms with Gasteiger partial charge < -0.3 is 65.2 Å². The van der Waals surface area contributed by atoms with Gasteiger partial charge in [-0.1, -0.05) is 76.9 Å². The van der Waals surface area contributed by atoms with Crippen molar-refractivity contribution in [3.8, 4) is 0 Å². The lowest BCUT2D eigenvalue weighted by atomic mass is 9.90. The van der Waals surface area contributed by atoms with Crippen LogP contribution < -0.4 is 27.0 Å². The molecule has 22 heteroatoms. The molecule has 1 aromatic rings. The number of halogens is 1. The van der Waals surface area contributed by atoms with Crippen LogP contribution in [0.1, 0.15) is 114 Å². The molecule has 2 rings (SSSR count). The zero-order valence-electron chi connectivity index (χ0n) is 48.3. The molecule has 0 spiro atoms. The number of carbonyl (C=O) groups is 8. The highest BCUT2D eigenvalue weighted by Crippen LogP contribution is 2.27. The van der Waals surface area contributed by atoms with Crippen LogP contribution in [0.5, 0.6) is 0 Å². The minimum atomic E-state index is -1.68. The van der Waals surface area contributed by atoms with E-state index in [0.717, 1.165) is 11.3 Å². The molecule has 0 saturated heterocycles. The van der Waals surface area contributed by atoms with Gasteiger partial charge in [-0.3, -0.25) is 24.0 Å². The monoisotopic (exact) mass is 1120 g/mol. The van der Waals surface area contributed by atoms with E-state index in [1.165, 1.54) is 52.8 Å². The van der Waals surface area contributed by atoms with Crippen LogP contribution in [0.15, 0.2) is 47.6 Å². The van der Waals surface area contributed by atoms with E-state index in [-0.39, 0.29) is 37.3 Å². The number of alkyl carbamates (subject to hydrolysis) is 1. The SMILES string of the molecule is C/C=C(\C)[C@H]1OC(=O)C(C)(C)NC(=O)[C@H](C(C)CC)NC(=O)CN(C)C(=O)[C@@H](Cc2ccc(Cl)cc2)N(C)C(=O)[C@H](C)NC(=O)[C@@H](CC(C)C)OC(=O)/C(C)=C/C[C@H](OC(=O)NCCCOCCOCCOCCCN)[C@@H]1C. The van der Waals surface area contributed by atoms with Gasteiger partial charge in [0.2, 0.25) is 23.6 Å². The number of nitrogens with one attached hydrogen (secondary N) is 4. The Morgan fingerprint density at radius 1 is 0.897 bits per heavy atom. The standard InChI is InChI=1S/C56H90ClN7O14/c1-14-36(5)47-50(67)62-56(10,11)54(71)78-48(37(6)15-2)39(8)44(77-55(72)59-25-17-27-74-29-31-75-30-28-73-26-16-24-58)23-18-38(7)53(70)76-45(32-35(3)4)49(66)60-40(9)51(68)64(13)43(33-41-19-21-42(57)22-20-41)52(69)63(12)34-46(65)61-47/h15,18-22,35-36,39-40,43-45,47-48H,14,16-17,23-34,58H2,1-13H3,(H,59,72)(H,60,66)(H,61,65)(H,62,67)/b37-15+,38-18+/t36?,39-,40-,43+,44-,45+,47-,48+/m0/s1. The minimum Gasteiger partial charge on any atom is -0.456 e. The predicted octanol–water partition coefficient (Wildman–Crippen LogP) is 4.80. The molecule has 440 valence electrons. The number of rotatable bonds is 21. The van der Waals surface area contributed by atoms with Crippen molar-refractivity contribution in [1.29, 1.82) is 0 Å². The van der Waals surface area contributed by atoms with E-state index in [0.29, 0.717) is 75.2 Å². The van der Waals surface area contributed by atoms with Crippen LogP contribution in [0.2, 0.25) is 5.02 Å². The topological polar surface area (TPSA) is 273 Å². The summed E-state index contributed by atoms with van der Waals surface area (Å²) in [5, 5.41) is 11.4. The molecule has 1 aromatic carbocycles. The predicted molar refractivity (Wildman–Crippen MR) is 296 cm³/mol. The Kier molecular flexibility index (Phi) is 30.8. The van der Waals surface area contributed by atoms with E-state index < -0.39 is 108 Å². The fourth-order valence-corrected chi connectivity index (χ4v) is 8.21. The van der Waals surface area contributed by atoms with Gasteiger partial charge in [-0.2, -0.15) is 0 Å². The van der Waals surface area contributed by atoms with Crippen molar-refractivity contribution in [2.45, 2.75) is 157 Å². The molecule has 1 aliphatic heterocycles. The van der Waals surface area contributed by atoms with Crippen LogP contribution >= 0.6 is 11.6 Å². The van der Waals surface area contributed by atoms with Crippen molar-refractivity contribution in [3.63, 3.8) is 0 Å². The summed E-state index contributed by atoms with van der Waals surface area (Å²) >= 11 is 6.16. The van der Waals surface area contributed by atoms with Gasteiger partial charge in [-0.25, -0.2) is 14.4 Å². The van der Waals surface area contributed by atoms with Gasteiger partial charge in [0.1, 0.15) is 35.9 Å². The fraction of sp³-hybridized carbons (Fsp3) is 0.679. The van der Waals surface area contributed by atoms with Crippen LogP contribution in [0.4, 0.5) is 4.79 Å². The summed E-state index contributed by atoms with van der Waals surface area (Å²) in [6, 6.07) is 3.10. The minimum absolute atomic E-state index is 0.00251. The number of hydrogen-bond donors (Lipinski definition) is 5. The number of likely N-dealkylation sites (N-methyl/N-ethyl adjacent to an activating group) is 2. The molecule has 0 aromatic heterocycles. The van der Waals surface area contributed by atoms with E-state index in [1.54, 1.807) is 58.0 Å². The molecule has 0 bridgehead atoms. The second kappa shape index (κ2) is 35.1. The van der Waals surface area contributed by atoms with E-state index in [9.17, 15) is 38.4 Å². The number of esters is 2. The number of ether oxygens (including phenoxy) is 6. The van der Waals surface area contributed by atoms with Crippen LogP contribution in [-0.4, -0.2) is 173 Å². The summed E-state index contributed by atoms with van der Waals surface area (Å²) in [4.78, 5) is 115. The number of nitrogens with two attached hydrogens (primary N) is 1. The maximum atomic E-state index is 14.4. The third kappa shape index (κ3) is 23.8. The van der Waals surface area contributed by atoms with E-state index in [2.05, 4.69) is 21.3 Å². The third-order valence-electron chi connectivity index (χ3n) is 13.3. The number of carbonyl (C=O) groups excluding carboxylic acids is 8. The maximum Gasteiger partial charge on any atom is 0.407 e. The molecule has 8 atom stereocenters. The van der Waals surface area contributed by atoms with Gasteiger partial charge in [-0.05, 0) is 102 Å². The number of cyclic esters (lactones) is 2. The highest BCUT2D eigenvalue weighted by Gasteiger charge is 2.41. The summed E-state index contributed by atoms with van der Waals surface area (Å²) in [7, 11) is 2.80. The molecule has 1 aliphatic rings. The summed E-state index contributed by atoms with van der Waals surface area (Å²) in [6.07, 6.45) is 0.693. The zero-order valence-corrected chi connectivity index (χ0v) is 49.1. The molecule has 0 saturated carbocycles. The molecule has 0 aliphatic carbocycles. The Morgan fingerprint density at radius 3 is 2.08 bits per heavy atom. The number of nitrogens with zero attached hydrogens (tertiary/aromatic N) is 2. The van der Waals surface area contributed by atoms with Gasteiger partial charge in [0.05, 0.1) is 33.0 Å². The van der Waals surface area contributed by atoms with Crippen molar-refractivity contribution >= 4 is 59.2 Å². The largest absolute Gasteiger partial charge is 0.456 e. The van der Waals surface area contributed by atoms with Crippen molar-refractivity contribution in [3.05, 3.63) is 58.1 Å². The number of amides is 6. The van der Waals surface area contributed by atoms with E-state index in [1.807, 2.05) is 20.8 Å².